The summed E-state index contributed by atoms with van der Waals surface area (Å²) in [6.45, 7) is 2.05. The molecule has 0 bridgehead atoms. The van der Waals surface area contributed by atoms with Gasteiger partial charge in [-0.15, -0.1) is 0 Å². The average molecular weight is 375 g/mol. The summed E-state index contributed by atoms with van der Waals surface area (Å²) >= 11 is 0. The molecule has 0 aliphatic carbocycles. The Labute approximate surface area is 163 Å². The lowest BCUT2D eigenvalue weighted by molar-refractivity contribution is 0.324. The van der Waals surface area contributed by atoms with Crippen LogP contribution in [0.1, 0.15) is 5.56 Å². The summed E-state index contributed by atoms with van der Waals surface area (Å²) in [5.41, 5.74) is 5.42. The smallest absolute Gasteiger partial charge is 0.227 e. The first kappa shape index (κ1) is 17.9. The van der Waals surface area contributed by atoms with E-state index < -0.39 is 0 Å². The lowest BCUT2D eigenvalue weighted by Crippen LogP contribution is -1.95. The first-order valence-corrected chi connectivity index (χ1v) is 8.91. The second kappa shape index (κ2) is 7.27. The molecular formula is C23H21NO4. The van der Waals surface area contributed by atoms with Crippen molar-refractivity contribution in [1.82, 2.24) is 4.98 Å². The molecule has 4 rings (SSSR count). The fourth-order valence-corrected chi connectivity index (χ4v) is 3.31. The van der Waals surface area contributed by atoms with Crippen LogP contribution in [0.25, 0.3) is 33.7 Å². The number of ether oxygens (including phenoxy) is 3. The first-order valence-electron chi connectivity index (χ1n) is 8.91. The second-order valence-corrected chi connectivity index (χ2v) is 6.46. The van der Waals surface area contributed by atoms with Gasteiger partial charge in [0, 0.05) is 11.1 Å². The van der Waals surface area contributed by atoms with E-state index in [1.54, 1.807) is 21.3 Å². The van der Waals surface area contributed by atoms with Crippen molar-refractivity contribution < 1.29 is 18.6 Å². The van der Waals surface area contributed by atoms with Crippen molar-refractivity contribution in [3.05, 3.63) is 60.2 Å². The number of oxazole rings is 1. The summed E-state index contributed by atoms with van der Waals surface area (Å²) in [6, 6.07) is 17.8. The van der Waals surface area contributed by atoms with E-state index in [-0.39, 0.29) is 0 Å². The van der Waals surface area contributed by atoms with E-state index in [1.807, 2.05) is 55.5 Å². The maximum absolute atomic E-state index is 6.17. The Balaban J connectivity index is 1.90. The molecule has 1 aromatic heterocycles. The first-order chi connectivity index (χ1) is 13.6. The van der Waals surface area contributed by atoms with E-state index in [9.17, 15) is 0 Å². The lowest BCUT2D eigenvalue weighted by Gasteiger charge is -2.14. The largest absolute Gasteiger partial charge is 0.493 e. The number of hydrogen-bond donors (Lipinski definition) is 0. The Morgan fingerprint density at radius 2 is 1.50 bits per heavy atom. The maximum Gasteiger partial charge on any atom is 0.227 e. The lowest BCUT2D eigenvalue weighted by atomic mass is 10.0. The molecule has 0 spiro atoms. The third kappa shape index (κ3) is 3.05. The van der Waals surface area contributed by atoms with Gasteiger partial charge >= 0.3 is 0 Å². The predicted molar refractivity (Wildman–Crippen MR) is 109 cm³/mol. The maximum atomic E-state index is 6.17. The number of hydrogen-bond acceptors (Lipinski definition) is 5. The number of aromatic nitrogens is 1. The molecule has 0 saturated heterocycles. The molecule has 0 fully saturated rings. The van der Waals surface area contributed by atoms with E-state index in [1.165, 1.54) is 0 Å². The number of aryl methyl sites for hydroxylation is 1. The Morgan fingerprint density at radius 3 is 2.14 bits per heavy atom. The third-order valence-corrected chi connectivity index (χ3v) is 4.66. The normalized spacial score (nSPS) is 10.9. The van der Waals surface area contributed by atoms with Gasteiger partial charge in [0.2, 0.25) is 11.6 Å². The van der Waals surface area contributed by atoms with Crippen LogP contribution in [0.4, 0.5) is 0 Å². The van der Waals surface area contributed by atoms with Crippen LogP contribution in [0.5, 0.6) is 17.2 Å². The fraction of sp³-hybridized carbons (Fsp3) is 0.174. The van der Waals surface area contributed by atoms with E-state index in [4.69, 9.17) is 18.6 Å². The molecular weight excluding hydrogens is 354 g/mol. The molecule has 0 saturated carbocycles. The zero-order valence-electron chi connectivity index (χ0n) is 16.3. The predicted octanol–water partition coefficient (Wildman–Crippen LogP) is 5.50. The highest BCUT2D eigenvalue weighted by Gasteiger charge is 2.18. The van der Waals surface area contributed by atoms with Gasteiger partial charge < -0.3 is 18.6 Å². The van der Waals surface area contributed by atoms with Gasteiger partial charge in [0.15, 0.2) is 17.1 Å². The van der Waals surface area contributed by atoms with Crippen LogP contribution < -0.4 is 14.2 Å². The molecule has 0 aliphatic heterocycles. The molecule has 0 aliphatic rings. The van der Waals surface area contributed by atoms with Gasteiger partial charge in [0.1, 0.15) is 5.52 Å². The average Bonchev–Trinajstić information content (AvgIpc) is 3.17. The molecule has 0 atom stereocenters. The zero-order chi connectivity index (χ0) is 19.7. The van der Waals surface area contributed by atoms with Crippen LogP contribution in [-0.4, -0.2) is 26.3 Å². The summed E-state index contributed by atoms with van der Waals surface area (Å²) < 4.78 is 22.6. The SMILES string of the molecule is COc1cc(-c2cccc3nc(-c4cccc(C)c4)oc23)cc(OC)c1OC. The topological polar surface area (TPSA) is 53.7 Å². The van der Waals surface area contributed by atoms with Crippen LogP contribution in [0.15, 0.2) is 59.0 Å². The van der Waals surface area contributed by atoms with Gasteiger partial charge in [-0.25, -0.2) is 4.98 Å². The highest BCUT2D eigenvalue weighted by atomic mass is 16.5. The number of rotatable bonds is 5. The second-order valence-electron chi connectivity index (χ2n) is 6.46. The summed E-state index contributed by atoms with van der Waals surface area (Å²) in [5, 5.41) is 0. The molecule has 5 nitrogen and oxygen atoms in total. The quantitative estimate of drug-likeness (QED) is 0.461. The van der Waals surface area contributed by atoms with Crippen molar-refractivity contribution in [2.75, 3.05) is 21.3 Å². The molecule has 4 aromatic rings. The standard InChI is InChI=1S/C23H21NO4/c1-14-7-5-8-15(11-14)23-24-18-10-6-9-17(21(18)28-23)16-12-19(25-2)22(27-4)20(13-16)26-3/h5-13H,1-4H3. The summed E-state index contributed by atoms with van der Waals surface area (Å²) in [5.74, 6) is 2.33. The minimum atomic E-state index is 0.555. The van der Waals surface area contributed by atoms with Crippen molar-refractivity contribution in [1.29, 1.82) is 0 Å². The summed E-state index contributed by atoms with van der Waals surface area (Å²) in [7, 11) is 4.79. The Kier molecular flexibility index (Phi) is 4.65. The highest BCUT2D eigenvalue weighted by Crippen LogP contribution is 2.43. The van der Waals surface area contributed by atoms with Crippen molar-refractivity contribution in [3.8, 4) is 39.8 Å². The van der Waals surface area contributed by atoms with Crippen LogP contribution >= 0.6 is 0 Å². The molecule has 0 amide bonds. The molecule has 1 heterocycles. The van der Waals surface area contributed by atoms with Crippen molar-refractivity contribution in [2.45, 2.75) is 6.92 Å². The molecule has 0 N–H and O–H groups in total. The van der Waals surface area contributed by atoms with Gasteiger partial charge in [0.25, 0.3) is 0 Å². The van der Waals surface area contributed by atoms with Gasteiger partial charge in [0.05, 0.1) is 21.3 Å². The number of para-hydroxylation sites is 1. The van der Waals surface area contributed by atoms with Crippen LogP contribution in [-0.2, 0) is 0 Å². The number of nitrogens with zero attached hydrogens (tertiary/aromatic N) is 1. The van der Waals surface area contributed by atoms with Crippen LogP contribution in [0.2, 0.25) is 0 Å². The summed E-state index contributed by atoms with van der Waals surface area (Å²) in [6.07, 6.45) is 0. The molecule has 5 heteroatoms. The number of benzene rings is 3. The third-order valence-electron chi connectivity index (χ3n) is 4.66. The minimum absolute atomic E-state index is 0.555. The van der Waals surface area contributed by atoms with E-state index in [0.29, 0.717) is 28.7 Å². The van der Waals surface area contributed by atoms with Gasteiger partial charge in [-0.2, -0.15) is 0 Å². The Morgan fingerprint density at radius 1 is 0.786 bits per heavy atom. The van der Waals surface area contributed by atoms with Crippen LogP contribution in [0, 0.1) is 6.92 Å². The minimum Gasteiger partial charge on any atom is -0.493 e. The Bertz CT molecular complexity index is 1120. The monoisotopic (exact) mass is 375 g/mol. The van der Waals surface area contributed by atoms with E-state index in [0.717, 1.165) is 27.8 Å². The van der Waals surface area contributed by atoms with Gasteiger partial charge in [-0.1, -0.05) is 29.8 Å². The van der Waals surface area contributed by atoms with E-state index in [2.05, 4.69) is 11.1 Å². The molecule has 0 radical (unpaired) electrons. The Hall–Kier alpha value is -3.47. The molecule has 142 valence electrons. The van der Waals surface area contributed by atoms with Gasteiger partial charge in [-0.05, 0) is 42.8 Å². The van der Waals surface area contributed by atoms with E-state index >= 15 is 0 Å². The molecule has 0 unspecified atom stereocenters. The van der Waals surface area contributed by atoms with Crippen molar-refractivity contribution in [2.24, 2.45) is 0 Å². The molecule has 28 heavy (non-hydrogen) atoms. The number of fused-ring (bicyclic) bond motifs is 1. The summed E-state index contributed by atoms with van der Waals surface area (Å²) in [4.78, 5) is 4.68. The zero-order valence-corrected chi connectivity index (χ0v) is 16.3. The van der Waals surface area contributed by atoms with Crippen molar-refractivity contribution >= 4 is 11.1 Å². The van der Waals surface area contributed by atoms with Crippen LogP contribution in [0.3, 0.4) is 0 Å². The van der Waals surface area contributed by atoms with Crippen molar-refractivity contribution in [3.63, 3.8) is 0 Å². The van der Waals surface area contributed by atoms with Gasteiger partial charge in [-0.3, -0.25) is 0 Å². The fourth-order valence-electron chi connectivity index (χ4n) is 3.31. The highest BCUT2D eigenvalue weighted by molar-refractivity contribution is 5.92. The number of methoxy groups -OCH3 is 3. The molecule has 3 aromatic carbocycles.